The number of anilines is 1. The summed E-state index contributed by atoms with van der Waals surface area (Å²) >= 11 is 0. The van der Waals surface area contributed by atoms with Gasteiger partial charge in [0.1, 0.15) is 11.6 Å². The maximum Gasteiger partial charge on any atom is 0.200 e. The van der Waals surface area contributed by atoms with Crippen LogP contribution in [0, 0.1) is 6.92 Å². The van der Waals surface area contributed by atoms with Crippen molar-refractivity contribution in [1.82, 2.24) is 19.5 Å². The number of nitrogens with one attached hydrogen (secondary N) is 1. The molecule has 3 heterocycles. The Labute approximate surface area is 159 Å². The molecule has 3 rings (SSSR count). The molecule has 27 heavy (non-hydrogen) atoms. The van der Waals surface area contributed by atoms with E-state index in [4.69, 9.17) is 0 Å². The predicted octanol–water partition coefficient (Wildman–Crippen LogP) is 3.16. The lowest BCUT2D eigenvalue weighted by molar-refractivity contribution is 0.556. The quantitative estimate of drug-likeness (QED) is 0.726. The van der Waals surface area contributed by atoms with E-state index in [1.807, 2.05) is 29.8 Å². The number of nitrogens with zero attached hydrogens (tertiary/aromatic N) is 4. The average Bonchev–Trinajstić information content (AvgIpc) is 3.06. The predicted molar refractivity (Wildman–Crippen MR) is 105 cm³/mol. The Morgan fingerprint density at radius 1 is 1.04 bits per heavy atom. The van der Waals surface area contributed by atoms with Gasteiger partial charge in [-0.25, -0.2) is 23.4 Å². The number of aromatic nitrogens is 4. The molecule has 0 radical (unpaired) electrons. The van der Waals surface area contributed by atoms with Crippen molar-refractivity contribution >= 4 is 15.5 Å². The second-order valence-corrected chi connectivity index (χ2v) is 9.87. The Kier molecular flexibility index (Phi) is 5.01. The SMILES string of the molecule is Cc1nccn1-c1ccc(CNc2ccc(S(=O)(=O)C(C)(C)C)nc2)cn1. The van der Waals surface area contributed by atoms with E-state index < -0.39 is 14.6 Å². The van der Waals surface area contributed by atoms with Gasteiger partial charge in [-0.05, 0) is 51.5 Å². The number of hydrogen-bond acceptors (Lipinski definition) is 6. The molecule has 3 aromatic rings. The van der Waals surface area contributed by atoms with Crippen molar-refractivity contribution in [3.05, 3.63) is 60.4 Å². The number of sulfone groups is 1. The van der Waals surface area contributed by atoms with E-state index in [0.717, 1.165) is 22.9 Å². The van der Waals surface area contributed by atoms with Gasteiger partial charge in [0.25, 0.3) is 0 Å². The first-order valence-electron chi connectivity index (χ1n) is 8.58. The molecule has 0 unspecified atom stereocenters. The molecular formula is C19H23N5O2S. The lowest BCUT2D eigenvalue weighted by atomic mass is 10.2. The van der Waals surface area contributed by atoms with Gasteiger partial charge in [0.15, 0.2) is 14.9 Å². The minimum Gasteiger partial charge on any atom is -0.380 e. The molecule has 0 saturated carbocycles. The molecule has 0 saturated heterocycles. The van der Waals surface area contributed by atoms with Crippen molar-refractivity contribution in [1.29, 1.82) is 0 Å². The molecule has 0 bridgehead atoms. The minimum absolute atomic E-state index is 0.0854. The van der Waals surface area contributed by atoms with Crippen molar-refractivity contribution < 1.29 is 8.42 Å². The monoisotopic (exact) mass is 385 g/mol. The number of pyridine rings is 2. The summed E-state index contributed by atoms with van der Waals surface area (Å²) in [5, 5.41) is 3.31. The van der Waals surface area contributed by atoms with Crippen molar-refractivity contribution in [3.8, 4) is 5.82 Å². The summed E-state index contributed by atoms with van der Waals surface area (Å²) in [4.78, 5) is 12.8. The van der Waals surface area contributed by atoms with Crippen LogP contribution in [0.4, 0.5) is 5.69 Å². The van der Waals surface area contributed by atoms with E-state index in [-0.39, 0.29) is 5.03 Å². The summed E-state index contributed by atoms with van der Waals surface area (Å²) in [7, 11) is -3.45. The molecule has 0 aliphatic rings. The molecule has 0 aliphatic carbocycles. The van der Waals surface area contributed by atoms with Crippen LogP contribution in [0.1, 0.15) is 32.2 Å². The van der Waals surface area contributed by atoms with Crippen molar-refractivity contribution in [3.63, 3.8) is 0 Å². The third-order valence-corrected chi connectivity index (χ3v) is 6.60. The summed E-state index contributed by atoms with van der Waals surface area (Å²) in [5.41, 5.74) is 1.75. The number of imidazole rings is 1. The molecule has 0 aliphatic heterocycles. The highest BCUT2D eigenvalue weighted by atomic mass is 32.2. The summed E-state index contributed by atoms with van der Waals surface area (Å²) in [5.74, 6) is 1.69. The second-order valence-electron chi connectivity index (χ2n) is 7.22. The lowest BCUT2D eigenvalue weighted by Crippen LogP contribution is -2.28. The second kappa shape index (κ2) is 7.11. The van der Waals surface area contributed by atoms with Crippen molar-refractivity contribution in [2.75, 3.05) is 5.32 Å². The third kappa shape index (κ3) is 4.00. The zero-order valence-electron chi connectivity index (χ0n) is 15.8. The fourth-order valence-electron chi connectivity index (χ4n) is 2.45. The molecule has 3 aromatic heterocycles. The van der Waals surface area contributed by atoms with E-state index in [1.165, 1.54) is 12.3 Å². The first-order chi connectivity index (χ1) is 12.7. The van der Waals surface area contributed by atoms with E-state index >= 15 is 0 Å². The Hall–Kier alpha value is -2.74. The molecule has 0 atom stereocenters. The maximum absolute atomic E-state index is 12.4. The molecule has 142 valence electrons. The van der Waals surface area contributed by atoms with E-state index in [1.54, 1.807) is 39.2 Å². The smallest absolute Gasteiger partial charge is 0.200 e. The van der Waals surface area contributed by atoms with Crippen LogP contribution in [0.3, 0.4) is 0 Å². The minimum atomic E-state index is -3.45. The standard InChI is InChI=1S/C19H23N5O2S/c1-14-20-9-10-24(14)17-7-5-15(12-22-17)11-21-16-6-8-18(23-13-16)27(25,26)19(2,3)4/h5-10,12-13,21H,11H2,1-4H3. The molecule has 8 heteroatoms. The first-order valence-corrected chi connectivity index (χ1v) is 10.1. The highest BCUT2D eigenvalue weighted by Crippen LogP contribution is 2.23. The summed E-state index contributed by atoms with van der Waals surface area (Å²) in [6.45, 7) is 7.48. The Bertz CT molecular complexity index is 1020. The summed E-state index contributed by atoms with van der Waals surface area (Å²) in [6, 6.07) is 7.18. The normalized spacial score (nSPS) is 12.1. The molecule has 1 N–H and O–H groups in total. The van der Waals surface area contributed by atoms with Crippen LogP contribution in [-0.4, -0.2) is 32.7 Å². The molecule has 7 nitrogen and oxygen atoms in total. The van der Waals surface area contributed by atoms with Gasteiger partial charge in [0.2, 0.25) is 0 Å². The van der Waals surface area contributed by atoms with Gasteiger partial charge < -0.3 is 5.32 Å². The van der Waals surface area contributed by atoms with Crippen LogP contribution < -0.4 is 5.32 Å². The van der Waals surface area contributed by atoms with Crippen molar-refractivity contribution in [2.24, 2.45) is 0 Å². The Morgan fingerprint density at radius 3 is 2.33 bits per heavy atom. The van der Waals surface area contributed by atoms with Gasteiger partial charge >= 0.3 is 0 Å². The highest BCUT2D eigenvalue weighted by molar-refractivity contribution is 7.92. The number of hydrogen-bond donors (Lipinski definition) is 1. The Balaban J connectivity index is 1.66. The van der Waals surface area contributed by atoms with Gasteiger partial charge in [-0.2, -0.15) is 0 Å². The molecule has 0 aromatic carbocycles. The largest absolute Gasteiger partial charge is 0.380 e. The number of rotatable bonds is 5. The lowest BCUT2D eigenvalue weighted by Gasteiger charge is -2.18. The third-order valence-electron chi connectivity index (χ3n) is 4.20. The summed E-state index contributed by atoms with van der Waals surface area (Å²) in [6.07, 6.45) is 6.94. The van der Waals surface area contributed by atoms with Crippen LogP contribution in [-0.2, 0) is 16.4 Å². The van der Waals surface area contributed by atoms with Gasteiger partial charge in [-0.1, -0.05) is 6.07 Å². The fourth-order valence-corrected chi connectivity index (χ4v) is 3.51. The van der Waals surface area contributed by atoms with Crippen LogP contribution in [0.25, 0.3) is 5.82 Å². The molecule has 0 spiro atoms. The highest BCUT2D eigenvalue weighted by Gasteiger charge is 2.31. The maximum atomic E-state index is 12.4. The average molecular weight is 385 g/mol. The van der Waals surface area contributed by atoms with E-state index in [2.05, 4.69) is 20.3 Å². The zero-order valence-corrected chi connectivity index (χ0v) is 16.7. The zero-order chi connectivity index (χ0) is 19.7. The molecule has 0 fully saturated rings. The summed E-state index contributed by atoms with van der Waals surface area (Å²) < 4.78 is 25.8. The van der Waals surface area contributed by atoms with E-state index in [0.29, 0.717) is 6.54 Å². The van der Waals surface area contributed by atoms with Crippen LogP contribution in [0.5, 0.6) is 0 Å². The molecular weight excluding hydrogens is 362 g/mol. The van der Waals surface area contributed by atoms with Crippen LogP contribution in [0.2, 0.25) is 0 Å². The molecule has 0 amide bonds. The van der Waals surface area contributed by atoms with Crippen molar-refractivity contribution in [2.45, 2.75) is 44.0 Å². The van der Waals surface area contributed by atoms with Gasteiger partial charge in [0, 0.05) is 25.1 Å². The fraction of sp³-hybridized carbons (Fsp3) is 0.316. The van der Waals surface area contributed by atoms with Gasteiger partial charge in [-0.3, -0.25) is 4.57 Å². The number of aryl methyl sites for hydroxylation is 1. The topological polar surface area (TPSA) is 89.8 Å². The van der Waals surface area contributed by atoms with E-state index in [9.17, 15) is 8.42 Å². The first kappa shape index (κ1) is 19.0. The van der Waals surface area contributed by atoms with Crippen LogP contribution >= 0.6 is 0 Å². The van der Waals surface area contributed by atoms with Gasteiger partial charge in [0.05, 0.1) is 16.6 Å². The van der Waals surface area contributed by atoms with Crippen LogP contribution in [0.15, 0.2) is 54.1 Å². The van der Waals surface area contributed by atoms with Gasteiger partial charge in [-0.15, -0.1) is 0 Å². The Morgan fingerprint density at radius 2 is 1.81 bits per heavy atom.